The lowest BCUT2D eigenvalue weighted by Crippen LogP contribution is -2.33. The Balaban J connectivity index is 2.00. The van der Waals surface area contributed by atoms with Crippen molar-refractivity contribution in [1.29, 1.82) is 0 Å². The summed E-state index contributed by atoms with van der Waals surface area (Å²) < 4.78 is 5.85. The normalized spacial score (nSPS) is 19.3. The van der Waals surface area contributed by atoms with Crippen molar-refractivity contribution in [3.05, 3.63) is 35.4 Å². The smallest absolute Gasteiger partial charge is 0.254 e. The van der Waals surface area contributed by atoms with Gasteiger partial charge in [0.15, 0.2) is 0 Å². The molecule has 0 N–H and O–H groups in total. The van der Waals surface area contributed by atoms with E-state index in [-0.39, 0.29) is 5.91 Å². The van der Waals surface area contributed by atoms with Crippen molar-refractivity contribution in [2.45, 2.75) is 52.1 Å². The van der Waals surface area contributed by atoms with Gasteiger partial charge >= 0.3 is 0 Å². The minimum absolute atomic E-state index is 0.184. The summed E-state index contributed by atoms with van der Waals surface area (Å²) in [4.78, 5) is 14.7. The molecule has 2 rings (SSSR count). The van der Waals surface area contributed by atoms with Crippen LogP contribution in [0.2, 0.25) is 0 Å². The highest BCUT2D eigenvalue weighted by molar-refractivity contribution is 5.95. The van der Waals surface area contributed by atoms with E-state index in [1.807, 2.05) is 23.1 Å². The van der Waals surface area contributed by atoms with Gasteiger partial charge in [-0.25, -0.2) is 0 Å². The minimum atomic E-state index is 0.184. The number of aryl methyl sites for hydroxylation is 1. The number of rotatable bonds is 5. The number of benzene rings is 1. The Morgan fingerprint density at radius 3 is 2.81 bits per heavy atom. The van der Waals surface area contributed by atoms with Crippen molar-refractivity contribution in [3.8, 4) is 0 Å². The average Bonchev–Trinajstić information content (AvgIpc) is 2.77. The Morgan fingerprint density at radius 1 is 1.24 bits per heavy atom. The van der Waals surface area contributed by atoms with E-state index in [0.29, 0.717) is 6.10 Å². The van der Waals surface area contributed by atoms with E-state index in [4.69, 9.17) is 4.74 Å². The first-order chi connectivity index (χ1) is 10.3. The molecule has 1 saturated heterocycles. The summed E-state index contributed by atoms with van der Waals surface area (Å²) in [7, 11) is 0. The Kier molecular flexibility index (Phi) is 6.24. The van der Waals surface area contributed by atoms with E-state index in [2.05, 4.69) is 19.9 Å². The molecule has 1 atom stereocenters. The number of hydrogen-bond acceptors (Lipinski definition) is 2. The van der Waals surface area contributed by atoms with Gasteiger partial charge in [0, 0.05) is 25.3 Å². The Morgan fingerprint density at radius 2 is 2.05 bits per heavy atom. The summed E-state index contributed by atoms with van der Waals surface area (Å²) in [6, 6.07) is 7.97. The first-order valence-electron chi connectivity index (χ1n) is 8.25. The predicted octanol–water partition coefficient (Wildman–Crippen LogP) is 3.67. The number of carbonyl (C=O) groups is 1. The molecule has 21 heavy (non-hydrogen) atoms. The van der Waals surface area contributed by atoms with Crippen molar-refractivity contribution in [3.63, 3.8) is 0 Å². The maximum absolute atomic E-state index is 12.7. The fourth-order valence-corrected chi connectivity index (χ4v) is 2.93. The van der Waals surface area contributed by atoms with E-state index in [9.17, 15) is 4.79 Å². The first-order valence-corrected chi connectivity index (χ1v) is 8.25. The highest BCUT2D eigenvalue weighted by Gasteiger charge is 2.22. The second-order valence-corrected chi connectivity index (χ2v) is 5.73. The topological polar surface area (TPSA) is 29.5 Å². The molecule has 1 aromatic carbocycles. The third kappa shape index (κ3) is 4.31. The largest absolute Gasteiger partial charge is 0.378 e. The lowest BCUT2D eigenvalue weighted by molar-refractivity contribution is 0.0432. The minimum Gasteiger partial charge on any atom is -0.378 e. The Bertz CT molecular complexity index is 458. The van der Waals surface area contributed by atoms with Gasteiger partial charge in [-0.2, -0.15) is 0 Å². The summed E-state index contributed by atoms with van der Waals surface area (Å²) in [6.07, 6.45) is 5.35. The molecule has 0 bridgehead atoms. The molecule has 0 saturated carbocycles. The van der Waals surface area contributed by atoms with Crippen molar-refractivity contribution in [1.82, 2.24) is 4.90 Å². The SMILES string of the molecule is CCCO[C@H]1CCCN(C(=O)c2ccccc2CC)CC1. The van der Waals surface area contributed by atoms with Gasteiger partial charge in [0.1, 0.15) is 0 Å². The van der Waals surface area contributed by atoms with Gasteiger partial charge in [0.2, 0.25) is 0 Å². The summed E-state index contributed by atoms with van der Waals surface area (Å²) in [5.41, 5.74) is 2.01. The highest BCUT2D eigenvalue weighted by Crippen LogP contribution is 2.18. The Labute approximate surface area is 128 Å². The molecule has 0 aromatic heterocycles. The van der Waals surface area contributed by atoms with Gasteiger partial charge in [0.25, 0.3) is 5.91 Å². The van der Waals surface area contributed by atoms with Gasteiger partial charge in [-0.15, -0.1) is 0 Å². The zero-order chi connectivity index (χ0) is 15.1. The van der Waals surface area contributed by atoms with Crippen LogP contribution in [0.3, 0.4) is 0 Å². The summed E-state index contributed by atoms with van der Waals surface area (Å²) in [5.74, 6) is 0.184. The van der Waals surface area contributed by atoms with Crippen LogP contribution in [-0.2, 0) is 11.2 Å². The van der Waals surface area contributed by atoms with Gasteiger partial charge < -0.3 is 9.64 Å². The van der Waals surface area contributed by atoms with Crippen LogP contribution in [0.5, 0.6) is 0 Å². The summed E-state index contributed by atoms with van der Waals surface area (Å²) >= 11 is 0. The van der Waals surface area contributed by atoms with Gasteiger partial charge in [-0.3, -0.25) is 4.79 Å². The molecular formula is C18H27NO2. The molecule has 1 aliphatic heterocycles. The monoisotopic (exact) mass is 289 g/mol. The average molecular weight is 289 g/mol. The number of carbonyl (C=O) groups excluding carboxylic acids is 1. The fraction of sp³-hybridized carbons (Fsp3) is 0.611. The molecule has 1 amide bonds. The van der Waals surface area contributed by atoms with Crippen molar-refractivity contribution < 1.29 is 9.53 Å². The first kappa shape index (κ1) is 16.0. The van der Waals surface area contributed by atoms with Crippen LogP contribution in [0.15, 0.2) is 24.3 Å². The summed E-state index contributed by atoms with van der Waals surface area (Å²) in [6.45, 7) is 6.72. The maximum atomic E-state index is 12.7. The molecule has 0 spiro atoms. The molecule has 1 heterocycles. The summed E-state index contributed by atoms with van der Waals surface area (Å²) in [5, 5.41) is 0. The molecule has 1 fully saturated rings. The quantitative estimate of drug-likeness (QED) is 0.827. The molecule has 1 aromatic rings. The molecule has 1 aliphatic rings. The fourth-order valence-electron chi connectivity index (χ4n) is 2.93. The van der Waals surface area contributed by atoms with Crippen molar-refractivity contribution in [2.75, 3.05) is 19.7 Å². The molecule has 3 nitrogen and oxygen atoms in total. The molecule has 3 heteroatoms. The van der Waals surface area contributed by atoms with Crippen LogP contribution in [0.25, 0.3) is 0 Å². The number of hydrogen-bond donors (Lipinski definition) is 0. The lowest BCUT2D eigenvalue weighted by atomic mass is 10.0. The molecule has 0 radical (unpaired) electrons. The third-order valence-electron chi connectivity index (χ3n) is 4.15. The van der Waals surface area contributed by atoms with Gasteiger partial charge in [-0.1, -0.05) is 32.0 Å². The van der Waals surface area contributed by atoms with E-state index in [0.717, 1.165) is 62.9 Å². The number of likely N-dealkylation sites (tertiary alicyclic amines) is 1. The number of amides is 1. The van der Waals surface area contributed by atoms with E-state index in [1.54, 1.807) is 0 Å². The van der Waals surface area contributed by atoms with Crippen molar-refractivity contribution >= 4 is 5.91 Å². The van der Waals surface area contributed by atoms with Crippen LogP contribution in [0, 0.1) is 0 Å². The van der Waals surface area contributed by atoms with Crippen LogP contribution in [-0.4, -0.2) is 36.6 Å². The maximum Gasteiger partial charge on any atom is 0.254 e. The lowest BCUT2D eigenvalue weighted by Gasteiger charge is -2.22. The second kappa shape index (κ2) is 8.18. The van der Waals surface area contributed by atoms with Crippen LogP contribution in [0.4, 0.5) is 0 Å². The molecule has 116 valence electrons. The molecule has 0 unspecified atom stereocenters. The number of nitrogens with zero attached hydrogens (tertiary/aromatic N) is 1. The Hall–Kier alpha value is -1.35. The van der Waals surface area contributed by atoms with E-state index >= 15 is 0 Å². The van der Waals surface area contributed by atoms with Gasteiger partial charge in [-0.05, 0) is 43.7 Å². The van der Waals surface area contributed by atoms with Crippen molar-refractivity contribution in [2.24, 2.45) is 0 Å². The van der Waals surface area contributed by atoms with Crippen LogP contribution in [0.1, 0.15) is 55.5 Å². The standard InChI is InChI=1S/C18H27NO2/c1-3-14-21-16-9-7-12-19(13-11-16)18(20)17-10-6-5-8-15(17)4-2/h5-6,8,10,16H,3-4,7,9,11-14H2,1-2H3/t16-/m0/s1. The second-order valence-electron chi connectivity index (χ2n) is 5.73. The van der Waals surface area contributed by atoms with E-state index in [1.165, 1.54) is 0 Å². The van der Waals surface area contributed by atoms with Crippen LogP contribution >= 0.6 is 0 Å². The molecular weight excluding hydrogens is 262 g/mol. The van der Waals surface area contributed by atoms with Crippen LogP contribution < -0.4 is 0 Å². The highest BCUT2D eigenvalue weighted by atomic mass is 16.5. The van der Waals surface area contributed by atoms with E-state index < -0.39 is 0 Å². The third-order valence-corrected chi connectivity index (χ3v) is 4.15. The predicted molar refractivity (Wildman–Crippen MR) is 85.6 cm³/mol. The zero-order valence-corrected chi connectivity index (χ0v) is 13.3. The number of ether oxygens (including phenoxy) is 1. The zero-order valence-electron chi connectivity index (χ0n) is 13.3. The van der Waals surface area contributed by atoms with Gasteiger partial charge in [0.05, 0.1) is 6.10 Å². The molecule has 0 aliphatic carbocycles.